The standard InChI is InChI=1S/C20H19ClN6O/c21-14-9-22-19(8-13(14)20-24-15-4-1-2-5-16(15)25-20)26-6-3-7-27-12-23-17(11-28)18(27)10-26/h1-2,4-5,8-9,12,28H,3,6-7,10-11H2,(H,24,25). The highest BCUT2D eigenvalue weighted by molar-refractivity contribution is 6.33. The lowest BCUT2D eigenvalue weighted by Crippen LogP contribution is -2.24. The number of anilines is 1. The van der Waals surface area contributed by atoms with Crippen LogP contribution in [0.15, 0.2) is 42.9 Å². The van der Waals surface area contributed by atoms with Crippen molar-refractivity contribution in [3.05, 3.63) is 59.3 Å². The van der Waals surface area contributed by atoms with Crippen LogP contribution in [0.3, 0.4) is 0 Å². The van der Waals surface area contributed by atoms with Gasteiger partial charge in [-0.2, -0.15) is 0 Å². The maximum Gasteiger partial charge on any atom is 0.140 e. The van der Waals surface area contributed by atoms with Gasteiger partial charge in [-0.25, -0.2) is 15.0 Å². The predicted octanol–water partition coefficient (Wildman–Crippen LogP) is 3.38. The minimum atomic E-state index is -0.0611. The summed E-state index contributed by atoms with van der Waals surface area (Å²) in [7, 11) is 0. The van der Waals surface area contributed by atoms with E-state index in [-0.39, 0.29) is 6.61 Å². The molecule has 4 aromatic rings. The topological polar surface area (TPSA) is 82.9 Å². The molecule has 8 heteroatoms. The third-order valence-electron chi connectivity index (χ3n) is 5.16. The van der Waals surface area contributed by atoms with Gasteiger partial charge >= 0.3 is 0 Å². The van der Waals surface area contributed by atoms with Gasteiger partial charge in [-0.05, 0) is 24.6 Å². The van der Waals surface area contributed by atoms with Crippen LogP contribution in [0.4, 0.5) is 5.82 Å². The number of aliphatic hydroxyl groups excluding tert-OH is 1. The zero-order valence-electron chi connectivity index (χ0n) is 15.1. The number of aromatic nitrogens is 5. The molecule has 0 bridgehead atoms. The van der Waals surface area contributed by atoms with Gasteiger partial charge < -0.3 is 19.6 Å². The molecule has 1 aliphatic heterocycles. The first-order valence-electron chi connectivity index (χ1n) is 9.22. The quantitative estimate of drug-likeness (QED) is 0.556. The van der Waals surface area contributed by atoms with Gasteiger partial charge in [-0.1, -0.05) is 23.7 Å². The van der Waals surface area contributed by atoms with Crippen LogP contribution in [0.5, 0.6) is 0 Å². The number of hydrogen-bond donors (Lipinski definition) is 2. The Morgan fingerprint density at radius 3 is 2.93 bits per heavy atom. The lowest BCUT2D eigenvalue weighted by molar-refractivity contribution is 0.276. The molecular weight excluding hydrogens is 376 g/mol. The van der Waals surface area contributed by atoms with E-state index in [1.807, 2.05) is 30.3 Å². The number of H-pyrrole nitrogens is 1. The fourth-order valence-corrected chi connectivity index (χ4v) is 3.90. The molecule has 4 heterocycles. The van der Waals surface area contributed by atoms with Crippen LogP contribution in [0, 0.1) is 0 Å². The van der Waals surface area contributed by atoms with Crippen molar-refractivity contribution >= 4 is 28.5 Å². The number of rotatable bonds is 3. The first-order valence-corrected chi connectivity index (χ1v) is 9.60. The number of aliphatic hydroxyl groups is 1. The van der Waals surface area contributed by atoms with Gasteiger partial charge in [-0.15, -0.1) is 0 Å². The molecule has 3 aromatic heterocycles. The van der Waals surface area contributed by atoms with Crippen molar-refractivity contribution in [2.75, 3.05) is 11.4 Å². The number of benzene rings is 1. The Bertz CT molecular complexity index is 1120. The molecule has 2 N–H and O–H groups in total. The van der Waals surface area contributed by atoms with Gasteiger partial charge in [0.25, 0.3) is 0 Å². The molecule has 7 nitrogen and oxygen atoms in total. The summed E-state index contributed by atoms with van der Waals surface area (Å²) in [4.78, 5) is 19.1. The van der Waals surface area contributed by atoms with Crippen LogP contribution in [0.1, 0.15) is 17.8 Å². The summed E-state index contributed by atoms with van der Waals surface area (Å²) in [5.41, 5.74) is 4.44. The van der Waals surface area contributed by atoms with Gasteiger partial charge in [0, 0.05) is 24.8 Å². The summed E-state index contributed by atoms with van der Waals surface area (Å²) < 4.78 is 2.11. The molecule has 0 saturated carbocycles. The number of imidazole rings is 2. The van der Waals surface area contributed by atoms with Crippen molar-refractivity contribution in [3.8, 4) is 11.4 Å². The number of aryl methyl sites for hydroxylation is 1. The highest BCUT2D eigenvalue weighted by Gasteiger charge is 2.21. The second kappa shape index (κ2) is 6.92. The monoisotopic (exact) mass is 394 g/mol. The molecule has 0 radical (unpaired) electrons. The number of hydrogen-bond acceptors (Lipinski definition) is 5. The Morgan fingerprint density at radius 2 is 2.07 bits per heavy atom. The van der Waals surface area contributed by atoms with Crippen molar-refractivity contribution in [2.45, 2.75) is 26.1 Å². The van der Waals surface area contributed by atoms with Crippen molar-refractivity contribution in [2.24, 2.45) is 0 Å². The fourth-order valence-electron chi connectivity index (χ4n) is 3.71. The van der Waals surface area contributed by atoms with Gasteiger partial charge in [0.1, 0.15) is 11.6 Å². The van der Waals surface area contributed by atoms with E-state index in [0.29, 0.717) is 11.6 Å². The summed E-state index contributed by atoms with van der Waals surface area (Å²) in [5.74, 6) is 1.56. The summed E-state index contributed by atoms with van der Waals surface area (Å²) in [5, 5.41) is 10.1. The van der Waals surface area contributed by atoms with E-state index in [2.05, 4.69) is 29.4 Å². The molecule has 0 amide bonds. The largest absolute Gasteiger partial charge is 0.390 e. The Labute approximate surface area is 166 Å². The maximum atomic E-state index is 9.59. The highest BCUT2D eigenvalue weighted by Crippen LogP contribution is 2.31. The van der Waals surface area contributed by atoms with Gasteiger partial charge in [0.05, 0.1) is 46.9 Å². The number of pyridine rings is 1. The Balaban J connectivity index is 1.53. The van der Waals surface area contributed by atoms with Crippen molar-refractivity contribution < 1.29 is 5.11 Å². The van der Waals surface area contributed by atoms with Crippen molar-refractivity contribution in [1.29, 1.82) is 0 Å². The normalized spacial score (nSPS) is 14.3. The molecule has 5 rings (SSSR count). The Morgan fingerprint density at radius 1 is 1.18 bits per heavy atom. The summed E-state index contributed by atoms with van der Waals surface area (Å²) in [6.45, 7) is 2.32. The summed E-state index contributed by atoms with van der Waals surface area (Å²) in [6.07, 6.45) is 4.45. The molecule has 0 saturated heterocycles. The van der Waals surface area contributed by atoms with E-state index < -0.39 is 0 Å². The fraction of sp³-hybridized carbons (Fsp3) is 0.250. The average molecular weight is 395 g/mol. The Kier molecular flexibility index (Phi) is 4.26. The molecule has 0 unspecified atom stereocenters. The molecule has 0 atom stereocenters. The van der Waals surface area contributed by atoms with Crippen LogP contribution in [0.2, 0.25) is 5.02 Å². The van der Waals surface area contributed by atoms with Crippen molar-refractivity contribution in [1.82, 2.24) is 24.5 Å². The lowest BCUT2D eigenvalue weighted by atomic mass is 10.2. The van der Waals surface area contributed by atoms with E-state index >= 15 is 0 Å². The van der Waals surface area contributed by atoms with E-state index in [9.17, 15) is 5.11 Å². The molecule has 1 aliphatic rings. The number of para-hydroxylation sites is 2. The van der Waals surface area contributed by atoms with Gasteiger partial charge in [0.2, 0.25) is 0 Å². The minimum Gasteiger partial charge on any atom is -0.390 e. The number of nitrogens with zero attached hydrogens (tertiary/aromatic N) is 5. The highest BCUT2D eigenvalue weighted by atomic mass is 35.5. The smallest absolute Gasteiger partial charge is 0.140 e. The molecule has 28 heavy (non-hydrogen) atoms. The van der Waals surface area contributed by atoms with E-state index in [0.717, 1.165) is 59.1 Å². The van der Waals surface area contributed by atoms with Crippen LogP contribution in [0.25, 0.3) is 22.4 Å². The van der Waals surface area contributed by atoms with Gasteiger partial charge in [-0.3, -0.25) is 0 Å². The minimum absolute atomic E-state index is 0.0611. The van der Waals surface area contributed by atoms with Crippen LogP contribution < -0.4 is 4.90 Å². The number of nitrogens with one attached hydrogen (secondary N) is 1. The average Bonchev–Trinajstić information content (AvgIpc) is 3.25. The number of fused-ring (bicyclic) bond motifs is 2. The number of halogens is 1. The molecule has 142 valence electrons. The lowest BCUT2D eigenvalue weighted by Gasteiger charge is -2.22. The zero-order chi connectivity index (χ0) is 19.1. The number of aromatic amines is 1. The second-order valence-corrected chi connectivity index (χ2v) is 7.30. The maximum absolute atomic E-state index is 9.59. The molecule has 0 spiro atoms. The first kappa shape index (κ1) is 17.2. The zero-order valence-corrected chi connectivity index (χ0v) is 15.9. The summed E-state index contributed by atoms with van der Waals surface area (Å²) in [6, 6.07) is 9.88. The molecule has 1 aromatic carbocycles. The summed E-state index contributed by atoms with van der Waals surface area (Å²) >= 11 is 6.45. The molecule has 0 aliphatic carbocycles. The van der Waals surface area contributed by atoms with E-state index in [1.165, 1.54) is 0 Å². The van der Waals surface area contributed by atoms with Crippen LogP contribution in [-0.2, 0) is 19.7 Å². The second-order valence-electron chi connectivity index (χ2n) is 6.89. The van der Waals surface area contributed by atoms with E-state index in [1.54, 1.807) is 12.5 Å². The van der Waals surface area contributed by atoms with E-state index in [4.69, 9.17) is 11.6 Å². The molecular formula is C20H19ClN6O. The van der Waals surface area contributed by atoms with Crippen LogP contribution in [-0.4, -0.2) is 36.2 Å². The molecule has 0 fully saturated rings. The van der Waals surface area contributed by atoms with Gasteiger partial charge in [0.15, 0.2) is 0 Å². The third kappa shape index (κ3) is 2.93. The van der Waals surface area contributed by atoms with Crippen LogP contribution >= 0.6 is 11.6 Å². The first-order chi connectivity index (χ1) is 13.7. The SMILES string of the molecule is OCc1ncn2c1CN(c1cc(-c3nc4ccccc4[nH]3)c(Cl)cn1)CCC2. The predicted molar refractivity (Wildman–Crippen MR) is 108 cm³/mol. The Hall–Kier alpha value is -2.90. The third-order valence-corrected chi connectivity index (χ3v) is 5.46. The van der Waals surface area contributed by atoms with Crippen molar-refractivity contribution in [3.63, 3.8) is 0 Å².